The number of allylic oxidation sites excluding steroid dienone is 4. The molecule has 0 spiro atoms. The van der Waals surface area contributed by atoms with Gasteiger partial charge in [0.25, 0.3) is 0 Å². The fourth-order valence-corrected chi connectivity index (χ4v) is 4.49. The van der Waals surface area contributed by atoms with E-state index in [2.05, 4.69) is 12.1 Å². The summed E-state index contributed by atoms with van der Waals surface area (Å²) in [5, 5.41) is 20.4. The van der Waals surface area contributed by atoms with E-state index in [0.29, 0.717) is 27.4 Å². The average Bonchev–Trinajstić information content (AvgIpc) is 2.74. The molecule has 6 nitrogen and oxygen atoms in total. The Hall–Kier alpha value is -4.00. The quantitative estimate of drug-likeness (QED) is 0.750. The van der Waals surface area contributed by atoms with Crippen LogP contribution in [0, 0.1) is 28.1 Å². The molecule has 0 saturated carbocycles. The predicted octanol–water partition coefficient (Wildman–Crippen LogP) is 3.98. The smallest absolute Gasteiger partial charge is 0.233 e. The van der Waals surface area contributed by atoms with E-state index in [9.17, 15) is 15.3 Å². The lowest BCUT2D eigenvalue weighted by molar-refractivity contribution is -0.119. The first-order valence-electron chi connectivity index (χ1n) is 9.53. The number of nitriles is 2. The highest BCUT2D eigenvalue weighted by molar-refractivity contribution is 6.30. The Balaban J connectivity index is 2.11. The van der Waals surface area contributed by atoms with Gasteiger partial charge in [0.15, 0.2) is 0 Å². The van der Waals surface area contributed by atoms with Crippen molar-refractivity contribution in [2.24, 2.45) is 16.9 Å². The summed E-state index contributed by atoms with van der Waals surface area (Å²) < 4.78 is 0. The van der Waals surface area contributed by atoms with Crippen molar-refractivity contribution in [1.29, 1.82) is 10.5 Å². The molecule has 1 aliphatic heterocycles. The Morgan fingerprint density at radius 1 is 1.03 bits per heavy atom. The minimum Gasteiger partial charge on any atom is -0.397 e. The van der Waals surface area contributed by atoms with Gasteiger partial charge in [0, 0.05) is 28.0 Å². The summed E-state index contributed by atoms with van der Waals surface area (Å²) in [6, 6.07) is 20.2. The molecule has 0 aromatic heterocycles. The Morgan fingerprint density at radius 3 is 2.26 bits per heavy atom. The lowest BCUT2D eigenvalue weighted by atomic mass is 9.62. The van der Waals surface area contributed by atoms with Crippen molar-refractivity contribution >= 4 is 28.8 Å². The van der Waals surface area contributed by atoms with Crippen molar-refractivity contribution in [1.82, 2.24) is 0 Å². The second kappa shape index (κ2) is 7.36. The molecule has 31 heavy (non-hydrogen) atoms. The van der Waals surface area contributed by atoms with Gasteiger partial charge in [0.2, 0.25) is 5.91 Å². The third-order valence-electron chi connectivity index (χ3n) is 5.76. The van der Waals surface area contributed by atoms with Crippen LogP contribution in [0.1, 0.15) is 18.9 Å². The van der Waals surface area contributed by atoms with Crippen molar-refractivity contribution in [2.75, 3.05) is 4.90 Å². The molecule has 1 amide bonds. The standard InChI is InChI=1S/C24H18ClN5O/c1-24-11-19(31)30(16-5-3-2-4-6-16)23(29)21(24)20(14-7-9-15(25)10-8-14)17(12-26)22(28)18(24)13-27/h2-10H,11,28-29H2,1H3. The zero-order chi connectivity index (χ0) is 22.3. The second-order valence-corrected chi connectivity index (χ2v) is 8.04. The first-order chi connectivity index (χ1) is 14.8. The maximum absolute atomic E-state index is 13.2. The number of hydrogen-bond donors (Lipinski definition) is 2. The molecule has 7 heteroatoms. The second-order valence-electron chi connectivity index (χ2n) is 7.60. The third-order valence-corrected chi connectivity index (χ3v) is 6.02. The van der Waals surface area contributed by atoms with E-state index in [0.717, 1.165) is 0 Å². The van der Waals surface area contributed by atoms with Crippen molar-refractivity contribution in [3.63, 3.8) is 0 Å². The first-order valence-corrected chi connectivity index (χ1v) is 9.91. The number of carbonyl (C=O) groups is 1. The molecular weight excluding hydrogens is 410 g/mol. The number of amides is 1. The summed E-state index contributed by atoms with van der Waals surface area (Å²) in [5.41, 5.74) is 14.5. The van der Waals surface area contributed by atoms with Gasteiger partial charge in [-0.05, 0) is 36.8 Å². The number of benzene rings is 2. The highest BCUT2D eigenvalue weighted by atomic mass is 35.5. The Bertz CT molecular complexity index is 1280. The van der Waals surface area contributed by atoms with Crippen molar-refractivity contribution in [3.05, 3.63) is 93.4 Å². The number of carbonyl (C=O) groups excluding carboxylic acids is 1. The summed E-state index contributed by atoms with van der Waals surface area (Å²) in [6.07, 6.45) is -0.0165. The number of nitrogens with zero attached hydrogens (tertiary/aromatic N) is 3. The van der Waals surface area contributed by atoms with Crippen LogP contribution >= 0.6 is 11.6 Å². The van der Waals surface area contributed by atoms with Gasteiger partial charge in [0.1, 0.15) is 11.9 Å². The number of anilines is 1. The van der Waals surface area contributed by atoms with Crippen molar-refractivity contribution < 1.29 is 4.79 Å². The van der Waals surface area contributed by atoms with Crippen LogP contribution in [-0.4, -0.2) is 5.91 Å². The minimum absolute atomic E-state index is 0.0165. The number of nitrogens with two attached hydrogens (primary N) is 2. The number of hydrogen-bond acceptors (Lipinski definition) is 5. The normalized spacial score (nSPS) is 21.0. The molecule has 4 rings (SSSR count). The molecule has 152 valence electrons. The van der Waals surface area contributed by atoms with E-state index in [1.165, 1.54) is 4.90 Å². The summed E-state index contributed by atoms with van der Waals surface area (Å²) in [6.45, 7) is 1.77. The molecule has 1 heterocycles. The van der Waals surface area contributed by atoms with Crippen LogP contribution in [0.4, 0.5) is 5.69 Å². The molecule has 0 bridgehead atoms. The zero-order valence-corrected chi connectivity index (χ0v) is 17.4. The van der Waals surface area contributed by atoms with E-state index >= 15 is 0 Å². The predicted molar refractivity (Wildman–Crippen MR) is 119 cm³/mol. The van der Waals surface area contributed by atoms with Gasteiger partial charge in [-0.2, -0.15) is 10.5 Å². The lowest BCUT2D eigenvalue weighted by Gasteiger charge is -2.44. The SMILES string of the molecule is CC12CC(=O)N(c3ccccc3)C(N)=C1C(c1ccc(Cl)cc1)=C(C#N)C(N)=C2C#N. The largest absolute Gasteiger partial charge is 0.397 e. The van der Waals surface area contributed by atoms with Crippen molar-refractivity contribution in [3.8, 4) is 12.1 Å². The molecule has 4 N–H and O–H groups in total. The third kappa shape index (κ3) is 2.97. The average molecular weight is 428 g/mol. The highest BCUT2D eigenvalue weighted by Gasteiger charge is 2.50. The Kier molecular flexibility index (Phi) is 4.81. The van der Waals surface area contributed by atoms with Gasteiger partial charge in [-0.1, -0.05) is 41.9 Å². The topological polar surface area (TPSA) is 120 Å². The van der Waals surface area contributed by atoms with E-state index in [1.54, 1.807) is 43.3 Å². The molecule has 1 atom stereocenters. The number of para-hydroxylation sites is 1. The Morgan fingerprint density at radius 2 is 1.68 bits per heavy atom. The van der Waals surface area contributed by atoms with Crippen LogP contribution in [0.3, 0.4) is 0 Å². The molecule has 0 fully saturated rings. The van der Waals surface area contributed by atoms with Crippen LogP contribution in [0.25, 0.3) is 5.57 Å². The van der Waals surface area contributed by atoms with Crippen LogP contribution in [0.5, 0.6) is 0 Å². The number of fused-ring (bicyclic) bond motifs is 1. The van der Waals surface area contributed by atoms with E-state index < -0.39 is 5.41 Å². The van der Waals surface area contributed by atoms with Gasteiger partial charge >= 0.3 is 0 Å². The molecule has 0 radical (unpaired) electrons. The molecular formula is C24H18ClN5O. The summed E-state index contributed by atoms with van der Waals surface area (Å²) in [7, 11) is 0. The fourth-order valence-electron chi connectivity index (χ4n) is 4.36. The molecule has 2 aromatic carbocycles. The van der Waals surface area contributed by atoms with Crippen LogP contribution in [0.2, 0.25) is 5.02 Å². The van der Waals surface area contributed by atoms with E-state index in [-0.39, 0.29) is 35.0 Å². The number of rotatable bonds is 2. The number of halogens is 1. The highest BCUT2D eigenvalue weighted by Crippen LogP contribution is 2.54. The monoisotopic (exact) mass is 427 g/mol. The van der Waals surface area contributed by atoms with Gasteiger partial charge in [0.05, 0.1) is 28.6 Å². The molecule has 0 saturated heterocycles. The van der Waals surface area contributed by atoms with Crippen LogP contribution in [0.15, 0.2) is 82.8 Å². The van der Waals surface area contributed by atoms with Gasteiger partial charge in [-0.3, -0.25) is 9.69 Å². The maximum Gasteiger partial charge on any atom is 0.233 e. The van der Waals surface area contributed by atoms with Crippen molar-refractivity contribution in [2.45, 2.75) is 13.3 Å². The first kappa shape index (κ1) is 20.3. The molecule has 2 aromatic rings. The Labute approximate surface area is 184 Å². The van der Waals surface area contributed by atoms with Gasteiger partial charge in [-0.15, -0.1) is 0 Å². The minimum atomic E-state index is -1.07. The zero-order valence-electron chi connectivity index (χ0n) is 16.7. The van der Waals surface area contributed by atoms with Crippen LogP contribution < -0.4 is 16.4 Å². The lowest BCUT2D eigenvalue weighted by Crippen LogP contribution is -2.47. The fraction of sp³-hybridized carbons (Fsp3) is 0.125. The van der Waals surface area contributed by atoms with Gasteiger partial charge < -0.3 is 11.5 Å². The summed E-state index contributed by atoms with van der Waals surface area (Å²) >= 11 is 6.06. The summed E-state index contributed by atoms with van der Waals surface area (Å²) in [4.78, 5) is 14.6. The molecule has 2 aliphatic rings. The molecule has 1 unspecified atom stereocenters. The maximum atomic E-state index is 13.2. The van der Waals surface area contributed by atoms with E-state index in [4.69, 9.17) is 23.1 Å². The van der Waals surface area contributed by atoms with Gasteiger partial charge in [-0.25, -0.2) is 0 Å². The van der Waals surface area contributed by atoms with E-state index in [1.807, 2.05) is 18.2 Å². The van der Waals surface area contributed by atoms with Crippen LogP contribution in [-0.2, 0) is 4.79 Å². The summed E-state index contributed by atoms with van der Waals surface area (Å²) in [5.74, 6) is -0.0886. The molecule has 1 aliphatic carbocycles.